The lowest BCUT2D eigenvalue weighted by atomic mass is 9.78. The van der Waals surface area contributed by atoms with Gasteiger partial charge < -0.3 is 15.7 Å². The largest absolute Gasteiger partial charge is 0.401 e. The number of carbonyl (C=O) groups is 1. The molecule has 20 heavy (non-hydrogen) atoms. The van der Waals surface area contributed by atoms with E-state index in [0.717, 1.165) is 19.3 Å². The number of rotatable bonds is 6. The first-order chi connectivity index (χ1) is 9.24. The zero-order valence-corrected chi connectivity index (χ0v) is 11.7. The quantitative estimate of drug-likeness (QED) is 0.697. The molecule has 0 aromatic carbocycles. The van der Waals surface area contributed by atoms with E-state index in [-0.39, 0.29) is 6.54 Å². The number of carbonyl (C=O) groups excluding carboxylic acids is 1. The molecule has 1 aliphatic rings. The van der Waals surface area contributed by atoms with Crippen LogP contribution < -0.4 is 10.6 Å². The van der Waals surface area contributed by atoms with Gasteiger partial charge in [-0.1, -0.05) is 13.3 Å². The molecule has 0 unspecified atom stereocenters. The Hall–Kier alpha value is -0.820. The summed E-state index contributed by atoms with van der Waals surface area (Å²) in [6.45, 7) is 0.634. The number of nitrogens with one attached hydrogen (secondary N) is 2. The van der Waals surface area contributed by atoms with Crippen LogP contribution in [-0.4, -0.2) is 42.4 Å². The fourth-order valence-electron chi connectivity index (χ4n) is 2.44. The zero-order chi connectivity index (χ0) is 15.2. The molecule has 0 atom stereocenters. The highest BCUT2D eigenvalue weighted by Crippen LogP contribution is 2.33. The highest BCUT2D eigenvalue weighted by molar-refractivity contribution is 5.78. The SMILES string of the molecule is CCC1CCC(O)(CNC(=O)CNCC(F)(F)F)CC1. The van der Waals surface area contributed by atoms with Gasteiger partial charge in [0, 0.05) is 6.54 Å². The molecule has 0 aromatic rings. The van der Waals surface area contributed by atoms with Crippen molar-refractivity contribution < 1.29 is 23.1 Å². The summed E-state index contributed by atoms with van der Waals surface area (Å²) in [5.74, 6) is 0.0970. The van der Waals surface area contributed by atoms with Crippen LogP contribution >= 0.6 is 0 Å². The zero-order valence-electron chi connectivity index (χ0n) is 11.7. The van der Waals surface area contributed by atoms with E-state index in [4.69, 9.17) is 0 Å². The van der Waals surface area contributed by atoms with Crippen molar-refractivity contribution in [1.29, 1.82) is 0 Å². The first-order valence-electron chi connectivity index (χ1n) is 7.00. The molecule has 1 aliphatic carbocycles. The molecule has 4 nitrogen and oxygen atoms in total. The van der Waals surface area contributed by atoms with Gasteiger partial charge in [0.05, 0.1) is 18.7 Å². The first kappa shape index (κ1) is 17.2. The summed E-state index contributed by atoms with van der Waals surface area (Å²) < 4.78 is 35.6. The minimum absolute atomic E-state index is 0.107. The van der Waals surface area contributed by atoms with Crippen molar-refractivity contribution in [2.45, 2.75) is 50.8 Å². The van der Waals surface area contributed by atoms with E-state index in [9.17, 15) is 23.1 Å². The Morgan fingerprint density at radius 3 is 2.45 bits per heavy atom. The van der Waals surface area contributed by atoms with Crippen LogP contribution in [0.1, 0.15) is 39.0 Å². The third kappa shape index (κ3) is 6.56. The lowest BCUT2D eigenvalue weighted by molar-refractivity contribution is -0.129. The van der Waals surface area contributed by atoms with Crippen LogP contribution in [-0.2, 0) is 4.79 Å². The van der Waals surface area contributed by atoms with Crippen molar-refractivity contribution in [1.82, 2.24) is 10.6 Å². The van der Waals surface area contributed by atoms with Crippen molar-refractivity contribution in [2.75, 3.05) is 19.6 Å². The van der Waals surface area contributed by atoms with Gasteiger partial charge in [-0.3, -0.25) is 4.79 Å². The minimum Gasteiger partial charge on any atom is -0.388 e. The molecule has 118 valence electrons. The van der Waals surface area contributed by atoms with Gasteiger partial charge in [0.15, 0.2) is 0 Å². The maximum absolute atomic E-state index is 11.9. The van der Waals surface area contributed by atoms with Crippen molar-refractivity contribution in [3.05, 3.63) is 0 Å². The van der Waals surface area contributed by atoms with Crippen LogP contribution in [0.15, 0.2) is 0 Å². The van der Waals surface area contributed by atoms with Crippen molar-refractivity contribution in [3.8, 4) is 0 Å². The van der Waals surface area contributed by atoms with E-state index < -0.39 is 30.8 Å². The fourth-order valence-corrected chi connectivity index (χ4v) is 2.44. The third-order valence-corrected chi connectivity index (χ3v) is 3.84. The summed E-state index contributed by atoms with van der Waals surface area (Å²) in [4.78, 5) is 11.4. The van der Waals surface area contributed by atoms with E-state index in [1.54, 1.807) is 0 Å². The molecule has 0 aromatic heterocycles. The average molecular weight is 296 g/mol. The van der Waals surface area contributed by atoms with Crippen molar-refractivity contribution in [2.24, 2.45) is 5.92 Å². The molecule has 0 spiro atoms. The normalized spacial score (nSPS) is 27.4. The lowest BCUT2D eigenvalue weighted by Gasteiger charge is -2.35. The van der Waals surface area contributed by atoms with Crippen LogP contribution in [0.25, 0.3) is 0 Å². The lowest BCUT2D eigenvalue weighted by Crippen LogP contribution is -2.47. The van der Waals surface area contributed by atoms with Crippen LogP contribution in [0.2, 0.25) is 0 Å². The Morgan fingerprint density at radius 2 is 1.95 bits per heavy atom. The average Bonchev–Trinajstić information content (AvgIpc) is 2.36. The van der Waals surface area contributed by atoms with E-state index in [2.05, 4.69) is 12.2 Å². The van der Waals surface area contributed by atoms with Gasteiger partial charge in [-0.25, -0.2) is 0 Å². The minimum atomic E-state index is -4.32. The Morgan fingerprint density at radius 1 is 1.35 bits per heavy atom. The van der Waals surface area contributed by atoms with Gasteiger partial charge in [0.2, 0.25) is 5.91 Å². The molecule has 0 radical (unpaired) electrons. The van der Waals surface area contributed by atoms with E-state index >= 15 is 0 Å². The number of halogens is 3. The standard InChI is InChI=1S/C13H23F3N2O2/c1-2-10-3-5-12(20,6-4-10)8-18-11(19)7-17-9-13(14,15)16/h10,17,20H,2-9H2,1H3,(H,18,19). The molecule has 0 aliphatic heterocycles. The number of hydrogen-bond donors (Lipinski definition) is 3. The summed E-state index contributed by atoms with van der Waals surface area (Å²) in [5.41, 5.74) is -0.911. The molecule has 1 amide bonds. The number of amides is 1. The number of alkyl halides is 3. The van der Waals surface area contributed by atoms with Crippen molar-refractivity contribution >= 4 is 5.91 Å². The summed E-state index contributed by atoms with van der Waals surface area (Å²) >= 11 is 0. The monoisotopic (exact) mass is 296 g/mol. The Kier molecular flexibility index (Phi) is 6.26. The molecule has 7 heteroatoms. The van der Waals surface area contributed by atoms with Crippen LogP contribution in [0.4, 0.5) is 13.2 Å². The topological polar surface area (TPSA) is 61.4 Å². The van der Waals surface area contributed by atoms with Crippen LogP contribution in [0.5, 0.6) is 0 Å². The molecule has 3 N–H and O–H groups in total. The molecule has 0 bridgehead atoms. The Balaban J connectivity index is 2.20. The molecular formula is C13H23F3N2O2. The second-order valence-corrected chi connectivity index (χ2v) is 5.57. The molecule has 0 heterocycles. The first-order valence-corrected chi connectivity index (χ1v) is 7.00. The van der Waals surface area contributed by atoms with Crippen LogP contribution in [0.3, 0.4) is 0 Å². The molecule has 1 fully saturated rings. The maximum atomic E-state index is 11.9. The molecule has 0 saturated heterocycles. The van der Waals surface area contributed by atoms with Crippen LogP contribution in [0, 0.1) is 5.92 Å². The van der Waals surface area contributed by atoms with E-state index in [0.29, 0.717) is 18.8 Å². The molecule has 1 saturated carbocycles. The highest BCUT2D eigenvalue weighted by Gasteiger charge is 2.33. The summed E-state index contributed by atoms with van der Waals surface area (Å²) in [5, 5.41) is 14.8. The second kappa shape index (κ2) is 7.26. The Bertz CT molecular complexity index is 313. The summed E-state index contributed by atoms with van der Waals surface area (Å²) in [6.07, 6.45) is -0.130. The maximum Gasteiger partial charge on any atom is 0.401 e. The predicted octanol–water partition coefficient (Wildman–Crippen LogP) is 1.59. The van der Waals surface area contributed by atoms with E-state index in [1.165, 1.54) is 0 Å². The second-order valence-electron chi connectivity index (χ2n) is 5.57. The van der Waals surface area contributed by atoms with E-state index in [1.807, 2.05) is 5.32 Å². The summed E-state index contributed by atoms with van der Waals surface area (Å²) in [6, 6.07) is 0. The molecule has 1 rings (SSSR count). The van der Waals surface area contributed by atoms with Gasteiger partial charge in [-0.2, -0.15) is 13.2 Å². The predicted molar refractivity (Wildman–Crippen MR) is 69.1 cm³/mol. The number of hydrogen-bond acceptors (Lipinski definition) is 3. The van der Waals surface area contributed by atoms with Gasteiger partial charge in [-0.15, -0.1) is 0 Å². The van der Waals surface area contributed by atoms with Gasteiger partial charge in [0.1, 0.15) is 0 Å². The fraction of sp³-hybridized carbons (Fsp3) is 0.923. The summed E-state index contributed by atoms with van der Waals surface area (Å²) in [7, 11) is 0. The highest BCUT2D eigenvalue weighted by atomic mass is 19.4. The molecular weight excluding hydrogens is 273 g/mol. The van der Waals surface area contributed by atoms with Gasteiger partial charge >= 0.3 is 6.18 Å². The van der Waals surface area contributed by atoms with Gasteiger partial charge in [0.25, 0.3) is 0 Å². The smallest absolute Gasteiger partial charge is 0.388 e. The van der Waals surface area contributed by atoms with Crippen molar-refractivity contribution in [3.63, 3.8) is 0 Å². The Labute approximate surface area is 117 Å². The van der Waals surface area contributed by atoms with Gasteiger partial charge in [-0.05, 0) is 31.6 Å². The third-order valence-electron chi connectivity index (χ3n) is 3.84. The number of aliphatic hydroxyl groups is 1.